The quantitative estimate of drug-likeness (QED) is 0.796. The minimum Gasteiger partial charge on any atom is -0.322 e. The third kappa shape index (κ3) is 5.32. The summed E-state index contributed by atoms with van der Waals surface area (Å²) in [5.41, 5.74) is 0.885. The van der Waals surface area contributed by atoms with Gasteiger partial charge in [-0.05, 0) is 61.2 Å². The summed E-state index contributed by atoms with van der Waals surface area (Å²) in [7, 11) is 0. The number of carbonyl (C=O) groups excluding carboxylic acids is 1. The zero-order valence-corrected chi connectivity index (χ0v) is 15.2. The molecule has 1 fully saturated rings. The Hall–Kier alpha value is -2.34. The van der Waals surface area contributed by atoms with E-state index in [9.17, 15) is 18.0 Å². The van der Waals surface area contributed by atoms with Crippen LogP contribution >= 0.6 is 0 Å². The van der Waals surface area contributed by atoms with Crippen molar-refractivity contribution < 1.29 is 18.0 Å². The van der Waals surface area contributed by atoms with Crippen LogP contribution < -0.4 is 5.32 Å². The Bertz CT molecular complexity index is 787. The number of nitrogens with one attached hydrogen (secondary N) is 1. The van der Waals surface area contributed by atoms with Crippen LogP contribution in [-0.2, 0) is 12.7 Å². The molecule has 0 spiro atoms. The summed E-state index contributed by atoms with van der Waals surface area (Å²) in [4.78, 5) is 14.7. The van der Waals surface area contributed by atoms with Gasteiger partial charge in [-0.25, -0.2) is 0 Å². The highest BCUT2D eigenvalue weighted by atomic mass is 19.4. The first-order valence-corrected chi connectivity index (χ1v) is 9.11. The standard InChI is InChI=1S/C21H23F3N2O/c1-15-4-3-11-26(13-15)14-16-7-9-17(10-8-16)20(27)25-19-6-2-5-18(12-19)21(22,23)24/h2,5-10,12,15H,3-4,11,13-14H2,1H3,(H,25,27)/t15-/m1/s1. The lowest BCUT2D eigenvalue weighted by Crippen LogP contribution is -2.33. The van der Waals surface area contributed by atoms with Crippen LogP contribution in [0.2, 0.25) is 0 Å². The molecule has 1 heterocycles. The number of nitrogens with zero attached hydrogens (tertiary/aromatic N) is 1. The zero-order valence-electron chi connectivity index (χ0n) is 15.2. The first-order chi connectivity index (χ1) is 12.8. The van der Waals surface area contributed by atoms with Gasteiger partial charge in [0.25, 0.3) is 5.91 Å². The molecule has 0 aromatic heterocycles. The Morgan fingerprint density at radius 1 is 1.19 bits per heavy atom. The van der Waals surface area contributed by atoms with Crippen LogP contribution in [0.4, 0.5) is 18.9 Å². The molecule has 0 unspecified atom stereocenters. The Kier molecular flexibility index (Phi) is 5.85. The number of anilines is 1. The van der Waals surface area contributed by atoms with Crippen molar-refractivity contribution in [1.29, 1.82) is 0 Å². The molecule has 0 aliphatic carbocycles. The maximum Gasteiger partial charge on any atom is 0.416 e. The number of halogens is 3. The van der Waals surface area contributed by atoms with Gasteiger partial charge >= 0.3 is 6.18 Å². The highest BCUT2D eigenvalue weighted by molar-refractivity contribution is 6.04. The molecule has 6 heteroatoms. The molecule has 2 aromatic rings. The molecule has 2 aromatic carbocycles. The van der Waals surface area contributed by atoms with E-state index in [1.807, 2.05) is 12.1 Å². The lowest BCUT2D eigenvalue weighted by molar-refractivity contribution is -0.137. The van der Waals surface area contributed by atoms with E-state index in [0.29, 0.717) is 11.5 Å². The molecule has 3 nitrogen and oxygen atoms in total. The topological polar surface area (TPSA) is 32.3 Å². The summed E-state index contributed by atoms with van der Waals surface area (Å²) in [6, 6.07) is 11.9. The lowest BCUT2D eigenvalue weighted by atomic mass is 9.99. The van der Waals surface area contributed by atoms with Gasteiger partial charge in [0.2, 0.25) is 0 Å². The first-order valence-electron chi connectivity index (χ1n) is 9.11. The number of hydrogen-bond acceptors (Lipinski definition) is 2. The summed E-state index contributed by atoms with van der Waals surface area (Å²) < 4.78 is 38.3. The number of carbonyl (C=O) groups is 1. The molecule has 1 atom stereocenters. The van der Waals surface area contributed by atoms with Crippen molar-refractivity contribution in [3.05, 3.63) is 65.2 Å². The number of alkyl halides is 3. The lowest BCUT2D eigenvalue weighted by Gasteiger charge is -2.30. The fraction of sp³-hybridized carbons (Fsp3) is 0.381. The molecule has 0 bridgehead atoms. The smallest absolute Gasteiger partial charge is 0.322 e. The van der Waals surface area contributed by atoms with E-state index in [0.717, 1.165) is 37.3 Å². The number of amides is 1. The molecule has 144 valence electrons. The van der Waals surface area contributed by atoms with Crippen LogP contribution in [-0.4, -0.2) is 23.9 Å². The van der Waals surface area contributed by atoms with Crippen LogP contribution in [0, 0.1) is 5.92 Å². The molecule has 1 aliphatic heterocycles. The first kappa shape index (κ1) is 19.4. The molecule has 0 saturated carbocycles. The van der Waals surface area contributed by atoms with Crippen LogP contribution in [0.25, 0.3) is 0 Å². The highest BCUT2D eigenvalue weighted by Crippen LogP contribution is 2.30. The second-order valence-corrected chi connectivity index (χ2v) is 7.21. The van der Waals surface area contributed by atoms with Gasteiger partial charge in [-0.15, -0.1) is 0 Å². The summed E-state index contributed by atoms with van der Waals surface area (Å²) in [5.74, 6) is 0.281. The Morgan fingerprint density at radius 3 is 2.59 bits per heavy atom. The van der Waals surface area contributed by atoms with Crippen LogP contribution in [0.5, 0.6) is 0 Å². The van der Waals surface area contributed by atoms with Crippen LogP contribution in [0.3, 0.4) is 0 Å². The Labute approximate surface area is 157 Å². The van der Waals surface area contributed by atoms with Gasteiger partial charge in [0.1, 0.15) is 0 Å². The predicted molar refractivity (Wildman–Crippen MR) is 99.5 cm³/mol. The second kappa shape index (κ2) is 8.13. The van der Waals surface area contributed by atoms with Crippen molar-refractivity contribution in [2.24, 2.45) is 5.92 Å². The number of piperidine rings is 1. The van der Waals surface area contributed by atoms with E-state index < -0.39 is 17.6 Å². The van der Waals surface area contributed by atoms with E-state index in [2.05, 4.69) is 17.1 Å². The van der Waals surface area contributed by atoms with E-state index in [1.54, 1.807) is 12.1 Å². The van der Waals surface area contributed by atoms with Crippen molar-refractivity contribution in [3.63, 3.8) is 0 Å². The number of benzene rings is 2. The minimum absolute atomic E-state index is 0.126. The molecular weight excluding hydrogens is 353 g/mol. The number of likely N-dealkylation sites (tertiary alicyclic amines) is 1. The second-order valence-electron chi connectivity index (χ2n) is 7.21. The van der Waals surface area contributed by atoms with Crippen molar-refractivity contribution >= 4 is 11.6 Å². The SMILES string of the molecule is C[C@@H]1CCCN(Cc2ccc(C(=O)Nc3cccc(C(F)(F)F)c3)cc2)C1. The largest absolute Gasteiger partial charge is 0.416 e. The Morgan fingerprint density at radius 2 is 1.93 bits per heavy atom. The van der Waals surface area contributed by atoms with E-state index in [4.69, 9.17) is 0 Å². The van der Waals surface area contributed by atoms with Crippen molar-refractivity contribution in [1.82, 2.24) is 4.90 Å². The summed E-state index contributed by atoms with van der Waals surface area (Å²) in [5, 5.41) is 2.53. The van der Waals surface area contributed by atoms with Gasteiger partial charge in [0.15, 0.2) is 0 Å². The van der Waals surface area contributed by atoms with Gasteiger partial charge in [0.05, 0.1) is 5.56 Å². The van der Waals surface area contributed by atoms with Crippen molar-refractivity contribution in [2.45, 2.75) is 32.5 Å². The summed E-state index contributed by atoms with van der Waals surface area (Å²) in [6.07, 6.45) is -1.96. The van der Waals surface area contributed by atoms with E-state index in [1.165, 1.54) is 25.0 Å². The normalized spacial score (nSPS) is 18.3. The maximum atomic E-state index is 12.8. The molecule has 27 heavy (non-hydrogen) atoms. The van der Waals surface area contributed by atoms with Gasteiger partial charge in [-0.3, -0.25) is 9.69 Å². The molecule has 1 N–H and O–H groups in total. The molecule has 1 saturated heterocycles. The van der Waals surface area contributed by atoms with Crippen molar-refractivity contribution in [3.8, 4) is 0 Å². The summed E-state index contributed by atoms with van der Waals surface area (Å²) in [6.45, 7) is 5.27. The minimum atomic E-state index is -4.44. The van der Waals surface area contributed by atoms with Gasteiger partial charge in [-0.2, -0.15) is 13.2 Å². The van der Waals surface area contributed by atoms with Gasteiger partial charge < -0.3 is 5.32 Å². The molecule has 1 aliphatic rings. The molecule has 1 amide bonds. The third-order valence-corrected chi connectivity index (χ3v) is 4.81. The van der Waals surface area contributed by atoms with Gasteiger partial charge in [0, 0.05) is 24.3 Å². The van der Waals surface area contributed by atoms with E-state index in [-0.39, 0.29) is 5.69 Å². The predicted octanol–water partition coefficient (Wildman–Crippen LogP) is 5.19. The van der Waals surface area contributed by atoms with Crippen LogP contribution in [0.1, 0.15) is 41.3 Å². The van der Waals surface area contributed by atoms with Crippen LogP contribution in [0.15, 0.2) is 48.5 Å². The molecular formula is C21H23F3N2O. The molecule has 0 radical (unpaired) electrons. The highest BCUT2D eigenvalue weighted by Gasteiger charge is 2.30. The van der Waals surface area contributed by atoms with Gasteiger partial charge in [-0.1, -0.05) is 25.1 Å². The van der Waals surface area contributed by atoms with Crippen molar-refractivity contribution in [2.75, 3.05) is 18.4 Å². The third-order valence-electron chi connectivity index (χ3n) is 4.81. The number of rotatable bonds is 4. The zero-order chi connectivity index (χ0) is 19.4. The monoisotopic (exact) mass is 376 g/mol. The fourth-order valence-electron chi connectivity index (χ4n) is 3.43. The summed E-state index contributed by atoms with van der Waals surface area (Å²) >= 11 is 0. The number of hydrogen-bond donors (Lipinski definition) is 1. The maximum absolute atomic E-state index is 12.8. The average molecular weight is 376 g/mol. The van der Waals surface area contributed by atoms with E-state index >= 15 is 0 Å². The molecule has 3 rings (SSSR count). The fourth-order valence-corrected chi connectivity index (χ4v) is 3.43. The Balaban J connectivity index is 1.62. The average Bonchev–Trinajstić information content (AvgIpc) is 2.62.